The molecule has 0 amide bonds. The highest BCUT2D eigenvalue weighted by molar-refractivity contribution is 4.93. The van der Waals surface area contributed by atoms with Crippen molar-refractivity contribution in [2.45, 2.75) is 39.3 Å². The van der Waals surface area contributed by atoms with E-state index < -0.39 is 0 Å². The molecule has 16 heavy (non-hydrogen) atoms. The average Bonchev–Trinajstić information content (AvgIpc) is 2.69. The van der Waals surface area contributed by atoms with Crippen LogP contribution < -0.4 is 5.32 Å². The molecule has 0 aromatic carbocycles. The minimum absolute atomic E-state index is 0.158. The summed E-state index contributed by atoms with van der Waals surface area (Å²) in [6.45, 7) is 10.3. The molecular weight excluding hydrogens is 204 g/mol. The molecule has 0 spiro atoms. The first-order valence-electron chi connectivity index (χ1n) is 5.89. The molecule has 1 aliphatic rings. The molecule has 0 saturated carbocycles. The van der Waals surface area contributed by atoms with Gasteiger partial charge in [0.25, 0.3) is 0 Å². The average molecular weight is 224 g/mol. The van der Waals surface area contributed by atoms with Crippen LogP contribution in [0.2, 0.25) is 0 Å². The molecule has 90 valence electrons. The van der Waals surface area contributed by atoms with Crippen LogP contribution in [0.4, 0.5) is 0 Å². The fraction of sp³-hybridized carbons (Fsp3) is 0.818. The third-order valence-electron chi connectivity index (χ3n) is 3.12. The summed E-state index contributed by atoms with van der Waals surface area (Å²) in [5, 5.41) is 7.40. The van der Waals surface area contributed by atoms with E-state index in [1.54, 1.807) is 0 Å². The maximum Gasteiger partial charge on any atom is 0.226 e. The van der Waals surface area contributed by atoms with Crippen molar-refractivity contribution in [3.8, 4) is 0 Å². The van der Waals surface area contributed by atoms with Crippen LogP contribution in [-0.2, 0) is 13.0 Å². The summed E-state index contributed by atoms with van der Waals surface area (Å²) in [6, 6.07) is 0. The van der Waals surface area contributed by atoms with E-state index in [1.165, 1.54) is 0 Å². The SMILES string of the molecule is CCc1nc(CN2CCNCC2(C)C)no1. The third kappa shape index (κ3) is 2.41. The lowest BCUT2D eigenvalue weighted by atomic mass is 10.0. The van der Waals surface area contributed by atoms with Crippen LogP contribution in [0, 0.1) is 0 Å². The summed E-state index contributed by atoms with van der Waals surface area (Å²) in [7, 11) is 0. The topological polar surface area (TPSA) is 54.2 Å². The lowest BCUT2D eigenvalue weighted by Gasteiger charge is -2.42. The van der Waals surface area contributed by atoms with Crippen molar-refractivity contribution in [1.29, 1.82) is 0 Å². The van der Waals surface area contributed by atoms with Gasteiger partial charge >= 0.3 is 0 Å². The molecule has 1 saturated heterocycles. The van der Waals surface area contributed by atoms with Crippen LogP contribution in [0.5, 0.6) is 0 Å². The van der Waals surface area contributed by atoms with Gasteiger partial charge < -0.3 is 9.84 Å². The molecule has 2 heterocycles. The minimum Gasteiger partial charge on any atom is -0.339 e. The molecule has 5 nitrogen and oxygen atoms in total. The number of piperazine rings is 1. The molecular formula is C11H20N4O. The van der Waals surface area contributed by atoms with Crippen LogP contribution in [0.3, 0.4) is 0 Å². The van der Waals surface area contributed by atoms with Crippen LogP contribution in [0.25, 0.3) is 0 Å². The first-order valence-corrected chi connectivity index (χ1v) is 5.89. The molecule has 1 aromatic rings. The second kappa shape index (κ2) is 4.51. The molecule has 0 radical (unpaired) electrons. The van der Waals surface area contributed by atoms with Crippen molar-refractivity contribution < 1.29 is 4.52 Å². The smallest absolute Gasteiger partial charge is 0.226 e. The molecule has 1 N–H and O–H groups in total. The fourth-order valence-electron chi connectivity index (χ4n) is 1.98. The zero-order chi connectivity index (χ0) is 11.6. The molecule has 1 aliphatic heterocycles. The number of nitrogens with one attached hydrogen (secondary N) is 1. The van der Waals surface area contributed by atoms with E-state index in [-0.39, 0.29) is 5.54 Å². The van der Waals surface area contributed by atoms with E-state index in [0.717, 1.165) is 44.3 Å². The number of nitrogens with zero attached hydrogens (tertiary/aromatic N) is 3. The summed E-state index contributed by atoms with van der Waals surface area (Å²) in [5.41, 5.74) is 0.158. The Morgan fingerprint density at radius 3 is 2.94 bits per heavy atom. The number of aryl methyl sites for hydroxylation is 1. The van der Waals surface area contributed by atoms with Gasteiger partial charge in [0, 0.05) is 31.6 Å². The highest BCUT2D eigenvalue weighted by Gasteiger charge is 2.30. The summed E-state index contributed by atoms with van der Waals surface area (Å²) < 4.78 is 5.12. The zero-order valence-corrected chi connectivity index (χ0v) is 10.3. The summed E-state index contributed by atoms with van der Waals surface area (Å²) in [4.78, 5) is 6.75. The molecule has 5 heteroatoms. The Bertz CT molecular complexity index is 348. The van der Waals surface area contributed by atoms with Gasteiger partial charge in [0.05, 0.1) is 6.54 Å². The fourth-order valence-corrected chi connectivity index (χ4v) is 1.98. The number of hydrogen-bond donors (Lipinski definition) is 1. The Labute approximate surface area is 96.2 Å². The van der Waals surface area contributed by atoms with Gasteiger partial charge in [-0.05, 0) is 13.8 Å². The van der Waals surface area contributed by atoms with Gasteiger partial charge in [0.2, 0.25) is 5.89 Å². The first kappa shape index (κ1) is 11.5. The van der Waals surface area contributed by atoms with Crippen molar-refractivity contribution >= 4 is 0 Å². The largest absolute Gasteiger partial charge is 0.339 e. The molecule has 0 aliphatic carbocycles. The van der Waals surface area contributed by atoms with E-state index in [4.69, 9.17) is 4.52 Å². The van der Waals surface area contributed by atoms with Crippen LogP contribution in [0.1, 0.15) is 32.5 Å². The first-order chi connectivity index (χ1) is 7.62. The van der Waals surface area contributed by atoms with Crippen molar-refractivity contribution in [3.63, 3.8) is 0 Å². The maximum absolute atomic E-state index is 5.12. The Kier molecular flexibility index (Phi) is 3.25. The van der Waals surface area contributed by atoms with E-state index >= 15 is 0 Å². The molecule has 1 aromatic heterocycles. The number of hydrogen-bond acceptors (Lipinski definition) is 5. The predicted molar refractivity (Wildman–Crippen MR) is 61.0 cm³/mol. The van der Waals surface area contributed by atoms with Gasteiger partial charge in [-0.1, -0.05) is 12.1 Å². The molecule has 0 atom stereocenters. The van der Waals surface area contributed by atoms with Crippen LogP contribution >= 0.6 is 0 Å². The molecule has 0 bridgehead atoms. The second-order valence-electron chi connectivity index (χ2n) is 4.87. The van der Waals surface area contributed by atoms with Gasteiger partial charge in [-0.15, -0.1) is 0 Å². The van der Waals surface area contributed by atoms with E-state index in [9.17, 15) is 0 Å². The number of aromatic nitrogens is 2. The minimum atomic E-state index is 0.158. The summed E-state index contributed by atoms with van der Waals surface area (Å²) >= 11 is 0. The van der Waals surface area contributed by atoms with E-state index in [0.29, 0.717) is 0 Å². The Morgan fingerprint density at radius 1 is 1.50 bits per heavy atom. The van der Waals surface area contributed by atoms with Gasteiger partial charge in [-0.3, -0.25) is 4.90 Å². The quantitative estimate of drug-likeness (QED) is 0.823. The number of rotatable bonds is 3. The van der Waals surface area contributed by atoms with Gasteiger partial charge in [0.1, 0.15) is 0 Å². The summed E-state index contributed by atoms with van der Waals surface area (Å²) in [5.74, 6) is 1.52. The lowest BCUT2D eigenvalue weighted by molar-refractivity contribution is 0.0791. The highest BCUT2D eigenvalue weighted by Crippen LogP contribution is 2.18. The molecule has 1 fully saturated rings. The summed E-state index contributed by atoms with van der Waals surface area (Å²) in [6.07, 6.45) is 0.804. The van der Waals surface area contributed by atoms with Gasteiger partial charge in [-0.25, -0.2) is 0 Å². The van der Waals surface area contributed by atoms with Crippen LogP contribution in [0.15, 0.2) is 4.52 Å². The molecule has 2 rings (SSSR count). The third-order valence-corrected chi connectivity index (χ3v) is 3.12. The van der Waals surface area contributed by atoms with Crippen molar-refractivity contribution in [1.82, 2.24) is 20.4 Å². The lowest BCUT2D eigenvalue weighted by Crippen LogP contribution is -2.57. The van der Waals surface area contributed by atoms with Crippen molar-refractivity contribution in [2.75, 3.05) is 19.6 Å². The Morgan fingerprint density at radius 2 is 2.31 bits per heavy atom. The normalized spacial score (nSPS) is 21.2. The van der Waals surface area contributed by atoms with Crippen LogP contribution in [-0.4, -0.2) is 40.2 Å². The standard InChI is InChI=1S/C11H20N4O/c1-4-10-13-9(14-16-10)7-15-6-5-12-8-11(15,2)3/h12H,4-8H2,1-3H3. The zero-order valence-electron chi connectivity index (χ0n) is 10.3. The Hall–Kier alpha value is -0.940. The predicted octanol–water partition coefficient (Wildman–Crippen LogP) is 0.816. The van der Waals surface area contributed by atoms with Crippen molar-refractivity contribution in [2.24, 2.45) is 0 Å². The molecule has 0 unspecified atom stereocenters. The highest BCUT2D eigenvalue weighted by atomic mass is 16.5. The van der Waals surface area contributed by atoms with E-state index in [2.05, 4.69) is 34.2 Å². The maximum atomic E-state index is 5.12. The van der Waals surface area contributed by atoms with E-state index in [1.807, 2.05) is 6.92 Å². The van der Waals surface area contributed by atoms with Crippen molar-refractivity contribution in [3.05, 3.63) is 11.7 Å². The second-order valence-corrected chi connectivity index (χ2v) is 4.87. The Balaban J connectivity index is 2.02. The van der Waals surface area contributed by atoms with Gasteiger partial charge in [-0.2, -0.15) is 4.98 Å². The monoisotopic (exact) mass is 224 g/mol. The van der Waals surface area contributed by atoms with Gasteiger partial charge in [0.15, 0.2) is 5.82 Å².